The van der Waals surface area contributed by atoms with E-state index in [0.717, 1.165) is 5.92 Å². The van der Waals surface area contributed by atoms with E-state index in [-0.39, 0.29) is 5.28 Å². The quantitative estimate of drug-likeness (QED) is 0.800. The second-order valence-electron chi connectivity index (χ2n) is 3.47. The van der Waals surface area contributed by atoms with Crippen molar-refractivity contribution in [3.8, 4) is 11.5 Å². The maximum Gasteiger partial charge on any atom is 0.226 e. The standard InChI is InChI=1S/C11H10ClN4/c1-7(2)9-14-10(16-11(12)15-9)8-5-3-4-6-13-8/h3-6H,1-2H3. The molecule has 2 aromatic rings. The van der Waals surface area contributed by atoms with Gasteiger partial charge in [-0.3, -0.25) is 4.98 Å². The third kappa shape index (κ3) is 2.33. The Kier molecular flexibility index (Phi) is 3.10. The Balaban J connectivity index is 2.50. The molecule has 0 unspecified atom stereocenters. The largest absolute Gasteiger partial charge is 0.253 e. The van der Waals surface area contributed by atoms with Crippen LogP contribution in [0.2, 0.25) is 5.28 Å². The molecule has 2 aromatic heterocycles. The van der Waals surface area contributed by atoms with Crippen LogP contribution in [-0.4, -0.2) is 19.9 Å². The molecule has 0 aromatic carbocycles. The smallest absolute Gasteiger partial charge is 0.226 e. The maximum absolute atomic E-state index is 5.84. The van der Waals surface area contributed by atoms with Gasteiger partial charge in [0, 0.05) is 12.1 Å². The van der Waals surface area contributed by atoms with Gasteiger partial charge in [-0.25, -0.2) is 9.97 Å². The lowest BCUT2D eigenvalue weighted by atomic mass is 10.2. The topological polar surface area (TPSA) is 51.6 Å². The van der Waals surface area contributed by atoms with E-state index in [1.807, 2.05) is 32.0 Å². The number of aromatic nitrogens is 4. The lowest BCUT2D eigenvalue weighted by molar-refractivity contribution is 0.921. The SMILES string of the molecule is C[C](C)c1nc(Cl)nc(-c2ccccn2)n1. The molecule has 0 amide bonds. The Bertz CT molecular complexity index is 485. The average Bonchev–Trinajstić information content (AvgIpc) is 2.29. The molecule has 4 nitrogen and oxygen atoms in total. The number of halogens is 1. The van der Waals surface area contributed by atoms with Gasteiger partial charge in [-0.1, -0.05) is 19.9 Å². The first kappa shape index (κ1) is 11.0. The van der Waals surface area contributed by atoms with Gasteiger partial charge in [0.15, 0.2) is 5.82 Å². The highest BCUT2D eigenvalue weighted by Gasteiger charge is 2.10. The van der Waals surface area contributed by atoms with Crippen LogP contribution in [-0.2, 0) is 0 Å². The van der Waals surface area contributed by atoms with Gasteiger partial charge in [-0.15, -0.1) is 0 Å². The van der Waals surface area contributed by atoms with Crippen molar-refractivity contribution in [3.63, 3.8) is 0 Å². The minimum Gasteiger partial charge on any atom is -0.253 e. The number of nitrogens with zero attached hydrogens (tertiary/aromatic N) is 4. The van der Waals surface area contributed by atoms with Gasteiger partial charge in [0.25, 0.3) is 0 Å². The van der Waals surface area contributed by atoms with E-state index in [0.29, 0.717) is 17.3 Å². The lowest BCUT2D eigenvalue weighted by Gasteiger charge is -2.05. The van der Waals surface area contributed by atoms with Gasteiger partial charge < -0.3 is 0 Å². The third-order valence-electron chi connectivity index (χ3n) is 1.95. The first-order valence-corrected chi connectivity index (χ1v) is 5.18. The summed E-state index contributed by atoms with van der Waals surface area (Å²) in [5, 5.41) is 0.187. The van der Waals surface area contributed by atoms with Gasteiger partial charge >= 0.3 is 0 Å². The molecule has 0 aliphatic rings. The highest BCUT2D eigenvalue weighted by molar-refractivity contribution is 6.28. The molecule has 0 fully saturated rings. The molecule has 0 N–H and O–H groups in total. The van der Waals surface area contributed by atoms with Crippen molar-refractivity contribution < 1.29 is 0 Å². The molecule has 5 heteroatoms. The van der Waals surface area contributed by atoms with Crippen LogP contribution < -0.4 is 0 Å². The summed E-state index contributed by atoms with van der Waals surface area (Å²) in [7, 11) is 0. The predicted molar refractivity (Wildman–Crippen MR) is 61.8 cm³/mol. The minimum absolute atomic E-state index is 0.187. The normalized spacial score (nSPS) is 10.8. The molecule has 0 aliphatic carbocycles. The molecule has 2 heterocycles. The molecule has 16 heavy (non-hydrogen) atoms. The fraction of sp³-hybridized carbons (Fsp3) is 0.182. The van der Waals surface area contributed by atoms with Crippen LogP contribution in [0.5, 0.6) is 0 Å². The first-order valence-electron chi connectivity index (χ1n) is 4.80. The fourth-order valence-electron chi connectivity index (χ4n) is 1.18. The monoisotopic (exact) mass is 233 g/mol. The van der Waals surface area contributed by atoms with Gasteiger partial charge in [0.05, 0.1) is 0 Å². The molecule has 2 rings (SSSR count). The number of rotatable bonds is 2. The van der Waals surface area contributed by atoms with Crippen molar-refractivity contribution in [1.82, 2.24) is 19.9 Å². The summed E-state index contributed by atoms with van der Waals surface area (Å²) >= 11 is 5.84. The maximum atomic E-state index is 5.84. The average molecular weight is 234 g/mol. The zero-order valence-electron chi connectivity index (χ0n) is 8.98. The van der Waals surface area contributed by atoms with E-state index >= 15 is 0 Å². The van der Waals surface area contributed by atoms with Crippen molar-refractivity contribution in [2.45, 2.75) is 13.8 Å². The Morgan fingerprint density at radius 3 is 2.56 bits per heavy atom. The number of hydrogen-bond donors (Lipinski definition) is 0. The lowest BCUT2D eigenvalue weighted by Crippen LogP contribution is -2.03. The van der Waals surface area contributed by atoms with E-state index in [1.54, 1.807) is 6.20 Å². The van der Waals surface area contributed by atoms with Crippen LogP contribution in [0.4, 0.5) is 0 Å². The second-order valence-corrected chi connectivity index (χ2v) is 3.80. The first-order chi connectivity index (χ1) is 7.66. The Hall–Kier alpha value is -1.55. The molecular weight excluding hydrogens is 224 g/mol. The van der Waals surface area contributed by atoms with Crippen LogP contribution >= 0.6 is 11.6 Å². The summed E-state index contributed by atoms with van der Waals surface area (Å²) in [5.41, 5.74) is 0.689. The molecule has 0 atom stereocenters. The molecule has 0 aliphatic heterocycles. The van der Waals surface area contributed by atoms with Crippen molar-refractivity contribution in [2.75, 3.05) is 0 Å². The van der Waals surface area contributed by atoms with Crippen LogP contribution in [0.25, 0.3) is 11.5 Å². The third-order valence-corrected chi connectivity index (χ3v) is 2.12. The van der Waals surface area contributed by atoms with E-state index in [2.05, 4.69) is 19.9 Å². The zero-order valence-corrected chi connectivity index (χ0v) is 9.73. The number of pyridine rings is 1. The van der Waals surface area contributed by atoms with E-state index in [4.69, 9.17) is 11.6 Å². The van der Waals surface area contributed by atoms with E-state index in [1.165, 1.54) is 0 Å². The zero-order chi connectivity index (χ0) is 11.5. The van der Waals surface area contributed by atoms with Crippen LogP contribution in [0.3, 0.4) is 0 Å². The fourth-order valence-corrected chi connectivity index (χ4v) is 1.34. The molecule has 0 bridgehead atoms. The summed E-state index contributed by atoms with van der Waals surface area (Å²) in [4.78, 5) is 16.6. The van der Waals surface area contributed by atoms with Crippen molar-refractivity contribution in [1.29, 1.82) is 0 Å². The van der Waals surface area contributed by atoms with E-state index < -0.39 is 0 Å². The molecular formula is C11H10ClN4. The molecule has 81 valence electrons. The predicted octanol–water partition coefficient (Wildman–Crippen LogP) is 2.55. The summed E-state index contributed by atoms with van der Waals surface area (Å²) in [6.07, 6.45) is 1.69. The molecule has 1 radical (unpaired) electrons. The summed E-state index contributed by atoms with van der Waals surface area (Å²) in [5.74, 6) is 2.08. The second kappa shape index (κ2) is 4.53. The molecule has 0 saturated carbocycles. The van der Waals surface area contributed by atoms with Crippen LogP contribution in [0, 0.1) is 5.92 Å². The van der Waals surface area contributed by atoms with Crippen LogP contribution in [0.15, 0.2) is 24.4 Å². The van der Waals surface area contributed by atoms with Gasteiger partial charge in [-0.2, -0.15) is 4.98 Å². The van der Waals surface area contributed by atoms with Crippen molar-refractivity contribution >= 4 is 11.6 Å². The summed E-state index contributed by atoms with van der Waals surface area (Å²) in [6, 6.07) is 5.55. The Morgan fingerprint density at radius 2 is 1.94 bits per heavy atom. The molecule has 0 spiro atoms. The van der Waals surface area contributed by atoms with Gasteiger partial charge in [0.2, 0.25) is 5.28 Å². The Labute approximate surface area is 98.8 Å². The Morgan fingerprint density at radius 1 is 1.12 bits per heavy atom. The minimum atomic E-state index is 0.187. The number of hydrogen-bond acceptors (Lipinski definition) is 4. The van der Waals surface area contributed by atoms with E-state index in [9.17, 15) is 0 Å². The van der Waals surface area contributed by atoms with Gasteiger partial charge in [0.1, 0.15) is 11.5 Å². The van der Waals surface area contributed by atoms with Gasteiger partial charge in [-0.05, 0) is 23.7 Å². The van der Waals surface area contributed by atoms with Crippen molar-refractivity contribution in [3.05, 3.63) is 41.4 Å². The summed E-state index contributed by atoms with van der Waals surface area (Å²) < 4.78 is 0. The van der Waals surface area contributed by atoms with Crippen molar-refractivity contribution in [2.24, 2.45) is 0 Å². The molecule has 0 saturated heterocycles. The highest BCUT2D eigenvalue weighted by atomic mass is 35.5. The van der Waals surface area contributed by atoms with Crippen LogP contribution in [0.1, 0.15) is 19.7 Å². The highest BCUT2D eigenvalue weighted by Crippen LogP contribution is 2.16. The summed E-state index contributed by atoms with van der Waals surface area (Å²) in [6.45, 7) is 3.85.